The lowest BCUT2D eigenvalue weighted by Gasteiger charge is -2.36. The van der Waals surface area contributed by atoms with Crippen LogP contribution in [0.3, 0.4) is 0 Å². The number of hydrogen-bond donors (Lipinski definition) is 2. The van der Waals surface area contributed by atoms with E-state index < -0.39 is 18.0 Å². The molecule has 0 spiro atoms. The van der Waals surface area contributed by atoms with Gasteiger partial charge in [-0.2, -0.15) is 11.8 Å². The molecule has 3 N–H and O–H groups in total. The van der Waals surface area contributed by atoms with E-state index in [1.807, 2.05) is 30.5 Å². The molecule has 10 heteroatoms. The molecule has 1 aromatic rings. The van der Waals surface area contributed by atoms with Crippen molar-refractivity contribution in [1.29, 1.82) is 0 Å². The third-order valence-electron chi connectivity index (χ3n) is 4.62. The number of nitrogens with zero attached hydrogens (tertiary/aromatic N) is 2. The Morgan fingerprint density at radius 2 is 1.83 bits per heavy atom. The van der Waals surface area contributed by atoms with Crippen LogP contribution in [-0.2, 0) is 14.3 Å². The Hall–Kier alpha value is -2.62. The Bertz CT molecular complexity index is 692. The molecule has 1 aliphatic heterocycles. The number of benzene rings is 1. The number of urea groups is 1. The molecule has 0 aliphatic carbocycles. The van der Waals surface area contributed by atoms with Crippen LogP contribution in [0.5, 0.6) is 5.75 Å². The fraction of sp³-hybridized carbons (Fsp3) is 0.526. The van der Waals surface area contributed by atoms with Gasteiger partial charge in [-0.3, -0.25) is 4.79 Å². The van der Waals surface area contributed by atoms with Crippen LogP contribution in [0.1, 0.15) is 6.42 Å². The minimum Gasteiger partial charge on any atom is -0.497 e. The maximum absolute atomic E-state index is 12.4. The van der Waals surface area contributed by atoms with E-state index in [1.165, 1.54) is 11.8 Å². The second-order valence-electron chi connectivity index (χ2n) is 6.52. The van der Waals surface area contributed by atoms with Gasteiger partial charge in [0.1, 0.15) is 11.8 Å². The van der Waals surface area contributed by atoms with Crippen LogP contribution in [0.15, 0.2) is 24.3 Å². The zero-order chi connectivity index (χ0) is 21.2. The summed E-state index contributed by atoms with van der Waals surface area (Å²) in [4.78, 5) is 39.5. The van der Waals surface area contributed by atoms with E-state index in [4.69, 9.17) is 15.2 Å². The second kappa shape index (κ2) is 11.4. The summed E-state index contributed by atoms with van der Waals surface area (Å²) in [5.41, 5.74) is 6.17. The monoisotopic (exact) mass is 424 g/mol. The van der Waals surface area contributed by atoms with Gasteiger partial charge in [-0.25, -0.2) is 9.59 Å². The number of primary amides is 1. The predicted octanol–water partition coefficient (Wildman–Crippen LogP) is 0.677. The molecule has 29 heavy (non-hydrogen) atoms. The van der Waals surface area contributed by atoms with Gasteiger partial charge >= 0.3 is 12.0 Å². The number of nitrogens with two attached hydrogens (primary N) is 1. The number of nitrogens with one attached hydrogen (secondary N) is 1. The van der Waals surface area contributed by atoms with Gasteiger partial charge in [-0.05, 0) is 42.7 Å². The van der Waals surface area contributed by atoms with Crippen LogP contribution in [0.4, 0.5) is 10.5 Å². The zero-order valence-electron chi connectivity index (χ0n) is 16.8. The molecule has 1 saturated heterocycles. The van der Waals surface area contributed by atoms with Crippen LogP contribution in [0.2, 0.25) is 0 Å². The van der Waals surface area contributed by atoms with Gasteiger partial charge in [0.2, 0.25) is 0 Å². The highest BCUT2D eigenvalue weighted by Gasteiger charge is 2.25. The quantitative estimate of drug-likeness (QED) is 0.560. The number of esters is 1. The first-order chi connectivity index (χ1) is 13.9. The summed E-state index contributed by atoms with van der Waals surface area (Å²) in [6.07, 6.45) is 2.28. The molecule has 9 nitrogen and oxygen atoms in total. The maximum Gasteiger partial charge on any atom is 0.329 e. The number of thioether (sulfide) groups is 1. The summed E-state index contributed by atoms with van der Waals surface area (Å²) in [6, 6.07) is 6.13. The Labute approximate surface area is 174 Å². The topological polar surface area (TPSA) is 114 Å². The second-order valence-corrected chi connectivity index (χ2v) is 7.50. The lowest BCUT2D eigenvalue weighted by molar-refractivity contribution is -0.153. The SMILES string of the molecule is COc1ccc(N2CCN(C(=O)COC(=O)[C@@H](CCSC)NC(N)=O)CC2)cc1. The molecule has 0 aromatic heterocycles. The van der Waals surface area contributed by atoms with Gasteiger partial charge in [0.25, 0.3) is 5.91 Å². The molecule has 0 unspecified atom stereocenters. The van der Waals surface area contributed by atoms with Crippen LogP contribution in [-0.4, -0.2) is 80.8 Å². The van der Waals surface area contributed by atoms with Crippen molar-refractivity contribution in [3.63, 3.8) is 0 Å². The molecule has 1 aromatic carbocycles. The molecule has 1 fully saturated rings. The molecule has 0 bridgehead atoms. The zero-order valence-corrected chi connectivity index (χ0v) is 17.6. The summed E-state index contributed by atoms with van der Waals surface area (Å²) in [7, 11) is 1.63. The smallest absolute Gasteiger partial charge is 0.329 e. The van der Waals surface area contributed by atoms with Crippen molar-refractivity contribution in [2.75, 3.05) is 56.8 Å². The summed E-state index contributed by atoms with van der Waals surface area (Å²) in [5, 5.41) is 2.36. The van der Waals surface area contributed by atoms with Crippen molar-refractivity contribution in [3.8, 4) is 5.75 Å². The van der Waals surface area contributed by atoms with E-state index >= 15 is 0 Å². The summed E-state index contributed by atoms with van der Waals surface area (Å²) >= 11 is 1.54. The molecule has 160 valence electrons. The largest absolute Gasteiger partial charge is 0.497 e. The van der Waals surface area contributed by atoms with E-state index in [-0.39, 0.29) is 12.5 Å². The summed E-state index contributed by atoms with van der Waals surface area (Å²) in [6.45, 7) is 2.10. The number of methoxy groups -OCH3 is 1. The molecular formula is C19H28N4O5S. The minimum absolute atomic E-state index is 0.254. The van der Waals surface area contributed by atoms with E-state index in [0.29, 0.717) is 38.4 Å². The highest BCUT2D eigenvalue weighted by Crippen LogP contribution is 2.20. The molecule has 1 heterocycles. The fourth-order valence-corrected chi connectivity index (χ4v) is 3.46. The first kappa shape index (κ1) is 22.7. The van der Waals surface area contributed by atoms with E-state index in [0.717, 1.165) is 11.4 Å². The molecule has 3 amide bonds. The number of amides is 3. The van der Waals surface area contributed by atoms with Gasteiger partial charge < -0.3 is 30.3 Å². The first-order valence-electron chi connectivity index (χ1n) is 9.33. The molecular weight excluding hydrogens is 396 g/mol. The third kappa shape index (κ3) is 7.04. The number of rotatable bonds is 9. The fourth-order valence-electron chi connectivity index (χ4n) is 2.99. The van der Waals surface area contributed by atoms with E-state index in [1.54, 1.807) is 12.0 Å². The average molecular weight is 425 g/mol. The van der Waals surface area contributed by atoms with E-state index in [2.05, 4.69) is 10.2 Å². The number of piperazine rings is 1. The standard InChI is InChI=1S/C19H28N4O5S/c1-27-15-5-3-14(4-6-15)22-8-10-23(11-9-22)17(24)13-28-18(25)16(7-12-29-2)21-19(20)26/h3-6,16H,7-13H2,1-2H3,(H3,20,21,26)/t16-/m1/s1. The highest BCUT2D eigenvalue weighted by molar-refractivity contribution is 7.98. The van der Waals surface area contributed by atoms with E-state index in [9.17, 15) is 14.4 Å². The van der Waals surface area contributed by atoms with Crippen molar-refractivity contribution in [2.24, 2.45) is 5.73 Å². The number of carbonyl (C=O) groups excluding carboxylic acids is 3. The number of ether oxygens (including phenoxy) is 2. The van der Waals surface area contributed by atoms with Crippen molar-refractivity contribution in [3.05, 3.63) is 24.3 Å². The van der Waals surface area contributed by atoms with Gasteiger partial charge in [-0.1, -0.05) is 0 Å². The minimum atomic E-state index is -0.848. The Balaban J connectivity index is 1.79. The van der Waals surface area contributed by atoms with Crippen LogP contribution >= 0.6 is 11.8 Å². The highest BCUT2D eigenvalue weighted by atomic mass is 32.2. The molecule has 1 atom stereocenters. The van der Waals surface area contributed by atoms with Gasteiger partial charge in [0.15, 0.2) is 6.61 Å². The predicted molar refractivity (Wildman–Crippen MR) is 112 cm³/mol. The molecule has 0 radical (unpaired) electrons. The van der Waals surface area contributed by atoms with Crippen molar-refractivity contribution >= 4 is 35.4 Å². The Kier molecular flexibility index (Phi) is 8.91. The lowest BCUT2D eigenvalue weighted by atomic mass is 10.2. The van der Waals surface area contributed by atoms with Gasteiger partial charge in [-0.15, -0.1) is 0 Å². The summed E-state index contributed by atoms with van der Waals surface area (Å²) < 4.78 is 10.3. The van der Waals surface area contributed by atoms with Crippen molar-refractivity contribution in [2.45, 2.75) is 12.5 Å². The third-order valence-corrected chi connectivity index (χ3v) is 5.26. The van der Waals surface area contributed by atoms with Crippen molar-refractivity contribution < 1.29 is 23.9 Å². The Morgan fingerprint density at radius 1 is 1.17 bits per heavy atom. The van der Waals surface area contributed by atoms with Gasteiger partial charge in [0, 0.05) is 31.9 Å². The van der Waals surface area contributed by atoms with Crippen LogP contribution in [0, 0.1) is 0 Å². The average Bonchev–Trinajstić information content (AvgIpc) is 2.74. The summed E-state index contributed by atoms with van der Waals surface area (Å²) in [5.74, 6) is 0.547. The normalized spacial score (nSPS) is 14.8. The van der Waals surface area contributed by atoms with Crippen molar-refractivity contribution in [1.82, 2.24) is 10.2 Å². The Morgan fingerprint density at radius 3 is 2.38 bits per heavy atom. The molecule has 0 saturated carbocycles. The first-order valence-corrected chi connectivity index (χ1v) is 10.7. The molecule has 1 aliphatic rings. The van der Waals surface area contributed by atoms with Gasteiger partial charge in [0.05, 0.1) is 7.11 Å². The number of anilines is 1. The number of hydrogen-bond acceptors (Lipinski definition) is 7. The van der Waals surface area contributed by atoms with Crippen LogP contribution < -0.4 is 20.7 Å². The maximum atomic E-state index is 12.4. The number of carbonyl (C=O) groups is 3. The molecule has 2 rings (SSSR count). The van der Waals surface area contributed by atoms with Crippen LogP contribution in [0.25, 0.3) is 0 Å². The lowest BCUT2D eigenvalue weighted by Crippen LogP contribution is -2.50.